The minimum Gasteiger partial charge on any atom is -0.479 e. The Bertz CT molecular complexity index is 831. The number of carboxylic acid groups (broad SMARTS) is 1. The molecule has 2 aromatic carbocycles. The highest BCUT2D eigenvalue weighted by Gasteiger charge is 2.27. The van der Waals surface area contributed by atoms with E-state index in [0.717, 1.165) is 23.1 Å². The average Bonchev–Trinajstić information content (AvgIpc) is 2.62. The van der Waals surface area contributed by atoms with Crippen LogP contribution in [0.2, 0.25) is 0 Å². The number of carbonyl (C=O) groups is 2. The summed E-state index contributed by atoms with van der Waals surface area (Å²) in [6.07, 6.45) is 0.591. The number of ether oxygens (including phenoxy) is 1. The molecule has 2 unspecified atom stereocenters. The van der Waals surface area contributed by atoms with E-state index >= 15 is 0 Å². The molecule has 0 aliphatic carbocycles. The fourth-order valence-corrected chi connectivity index (χ4v) is 3.39. The zero-order chi connectivity index (χ0) is 18.7. The van der Waals surface area contributed by atoms with Crippen molar-refractivity contribution in [3.8, 4) is 0 Å². The summed E-state index contributed by atoms with van der Waals surface area (Å²) in [5, 5.41) is 12.3. The number of hydrogen-bond acceptors (Lipinski definition) is 3. The molecule has 136 valence electrons. The Morgan fingerprint density at radius 2 is 1.96 bits per heavy atom. The van der Waals surface area contributed by atoms with E-state index in [2.05, 4.69) is 5.32 Å². The van der Waals surface area contributed by atoms with Gasteiger partial charge in [-0.2, -0.15) is 0 Å². The molecular weight excluding hydrogens is 330 g/mol. The molecular formula is C21H23NO4. The highest BCUT2D eigenvalue weighted by atomic mass is 16.5. The van der Waals surface area contributed by atoms with E-state index in [9.17, 15) is 14.7 Å². The zero-order valence-electron chi connectivity index (χ0n) is 15.0. The van der Waals surface area contributed by atoms with E-state index in [1.807, 2.05) is 44.2 Å². The summed E-state index contributed by atoms with van der Waals surface area (Å²) in [4.78, 5) is 24.3. The molecule has 0 radical (unpaired) electrons. The number of aliphatic carboxylic acids is 1. The molecule has 2 N–H and O–H groups in total. The lowest BCUT2D eigenvalue weighted by molar-refractivity contribution is -0.142. The maximum atomic E-state index is 12.6. The predicted octanol–water partition coefficient (Wildman–Crippen LogP) is 3.25. The number of nitrogens with one attached hydrogen (secondary N) is 1. The molecule has 2 atom stereocenters. The standard InChI is InChI=1S/C21H23NO4/c1-13-6-5-9-16(14(13)2)20(21(24)25)22-19(23)12-18-17-8-4-3-7-15(17)10-11-26-18/h3-9,18,20H,10-12H2,1-2H3,(H,22,23)(H,24,25). The summed E-state index contributed by atoms with van der Waals surface area (Å²) < 4.78 is 5.76. The fraction of sp³-hybridized carbons (Fsp3) is 0.333. The van der Waals surface area contributed by atoms with Crippen molar-refractivity contribution in [3.63, 3.8) is 0 Å². The van der Waals surface area contributed by atoms with E-state index in [1.54, 1.807) is 12.1 Å². The van der Waals surface area contributed by atoms with Gasteiger partial charge in [0.05, 0.1) is 19.1 Å². The number of amides is 1. The smallest absolute Gasteiger partial charge is 0.330 e. The van der Waals surface area contributed by atoms with Gasteiger partial charge in [-0.3, -0.25) is 4.79 Å². The number of hydrogen-bond donors (Lipinski definition) is 2. The fourth-order valence-electron chi connectivity index (χ4n) is 3.39. The predicted molar refractivity (Wildman–Crippen MR) is 97.9 cm³/mol. The maximum absolute atomic E-state index is 12.6. The van der Waals surface area contributed by atoms with Gasteiger partial charge in [0.15, 0.2) is 6.04 Å². The average molecular weight is 353 g/mol. The van der Waals surface area contributed by atoms with Crippen molar-refractivity contribution in [2.24, 2.45) is 0 Å². The SMILES string of the molecule is Cc1cccc(C(NC(=O)CC2OCCc3ccccc32)C(=O)O)c1C. The molecule has 0 fully saturated rings. The van der Waals surface area contributed by atoms with Crippen LogP contribution >= 0.6 is 0 Å². The second-order valence-electron chi connectivity index (χ2n) is 6.64. The molecule has 5 heteroatoms. The molecule has 1 aliphatic rings. The lowest BCUT2D eigenvalue weighted by Crippen LogP contribution is -2.35. The molecule has 3 rings (SSSR count). The van der Waals surface area contributed by atoms with Gasteiger partial charge in [-0.25, -0.2) is 4.79 Å². The summed E-state index contributed by atoms with van der Waals surface area (Å²) in [5.74, 6) is -1.41. The van der Waals surface area contributed by atoms with Gasteiger partial charge in [-0.05, 0) is 48.1 Å². The first-order valence-corrected chi connectivity index (χ1v) is 8.75. The van der Waals surface area contributed by atoms with Crippen LogP contribution in [0, 0.1) is 13.8 Å². The topological polar surface area (TPSA) is 75.6 Å². The molecule has 26 heavy (non-hydrogen) atoms. The highest BCUT2D eigenvalue weighted by molar-refractivity contribution is 5.85. The first-order valence-electron chi connectivity index (χ1n) is 8.75. The van der Waals surface area contributed by atoms with Crippen molar-refractivity contribution in [1.82, 2.24) is 5.32 Å². The molecule has 0 saturated carbocycles. The second kappa shape index (κ2) is 7.70. The van der Waals surface area contributed by atoms with E-state index in [1.165, 1.54) is 5.56 Å². The Kier molecular flexibility index (Phi) is 5.38. The van der Waals surface area contributed by atoms with Crippen LogP contribution in [-0.4, -0.2) is 23.6 Å². The van der Waals surface area contributed by atoms with E-state index < -0.39 is 12.0 Å². The lowest BCUT2D eigenvalue weighted by Gasteiger charge is -2.26. The molecule has 2 aromatic rings. The van der Waals surface area contributed by atoms with Crippen molar-refractivity contribution in [1.29, 1.82) is 0 Å². The van der Waals surface area contributed by atoms with Crippen molar-refractivity contribution < 1.29 is 19.4 Å². The van der Waals surface area contributed by atoms with Gasteiger partial charge in [0.25, 0.3) is 0 Å². The number of fused-ring (bicyclic) bond motifs is 1. The molecule has 1 amide bonds. The largest absolute Gasteiger partial charge is 0.479 e. The van der Waals surface area contributed by atoms with Gasteiger partial charge in [-0.15, -0.1) is 0 Å². The first-order chi connectivity index (χ1) is 12.5. The summed E-state index contributed by atoms with van der Waals surface area (Å²) in [7, 11) is 0. The van der Waals surface area contributed by atoms with Crippen molar-refractivity contribution in [2.75, 3.05) is 6.61 Å². The first kappa shape index (κ1) is 18.1. The van der Waals surface area contributed by atoms with Gasteiger partial charge >= 0.3 is 5.97 Å². The Morgan fingerprint density at radius 1 is 1.19 bits per heavy atom. The monoisotopic (exact) mass is 353 g/mol. The van der Waals surface area contributed by atoms with E-state index in [4.69, 9.17) is 4.74 Å². The highest BCUT2D eigenvalue weighted by Crippen LogP contribution is 2.30. The molecule has 0 spiro atoms. The van der Waals surface area contributed by atoms with Crippen LogP contribution in [0.25, 0.3) is 0 Å². The van der Waals surface area contributed by atoms with Gasteiger partial charge < -0.3 is 15.2 Å². The minimum atomic E-state index is -1.07. The maximum Gasteiger partial charge on any atom is 0.330 e. The molecule has 1 aliphatic heterocycles. The number of rotatable bonds is 5. The quantitative estimate of drug-likeness (QED) is 0.865. The normalized spacial score (nSPS) is 17.2. The Morgan fingerprint density at radius 3 is 2.73 bits per heavy atom. The van der Waals surface area contributed by atoms with Crippen LogP contribution in [0.15, 0.2) is 42.5 Å². The van der Waals surface area contributed by atoms with Crippen molar-refractivity contribution in [3.05, 3.63) is 70.3 Å². The zero-order valence-corrected chi connectivity index (χ0v) is 15.0. The molecule has 0 aromatic heterocycles. The van der Waals surface area contributed by atoms with E-state index in [-0.39, 0.29) is 18.4 Å². The van der Waals surface area contributed by atoms with Crippen LogP contribution in [-0.2, 0) is 20.7 Å². The lowest BCUT2D eigenvalue weighted by atomic mass is 9.95. The Labute approximate surface area is 153 Å². The molecule has 1 heterocycles. The third-order valence-electron chi connectivity index (χ3n) is 4.97. The van der Waals surface area contributed by atoms with Gasteiger partial charge in [0.2, 0.25) is 5.91 Å². The summed E-state index contributed by atoms with van der Waals surface area (Å²) >= 11 is 0. The minimum absolute atomic E-state index is 0.103. The van der Waals surface area contributed by atoms with Gasteiger partial charge in [-0.1, -0.05) is 42.5 Å². The third kappa shape index (κ3) is 3.78. The van der Waals surface area contributed by atoms with Crippen LogP contribution in [0.1, 0.15) is 46.4 Å². The van der Waals surface area contributed by atoms with Crippen molar-refractivity contribution in [2.45, 2.75) is 38.8 Å². The second-order valence-corrected chi connectivity index (χ2v) is 6.64. The number of carbonyl (C=O) groups excluding carboxylic acids is 1. The number of carboxylic acids is 1. The molecule has 0 bridgehead atoms. The summed E-state index contributed by atoms with van der Waals surface area (Å²) in [5.41, 5.74) is 4.66. The van der Waals surface area contributed by atoms with Crippen molar-refractivity contribution >= 4 is 11.9 Å². The van der Waals surface area contributed by atoms with Crippen LogP contribution in [0.5, 0.6) is 0 Å². The van der Waals surface area contributed by atoms with Crippen LogP contribution < -0.4 is 5.32 Å². The molecule has 5 nitrogen and oxygen atoms in total. The van der Waals surface area contributed by atoms with Gasteiger partial charge in [0.1, 0.15) is 0 Å². The molecule has 0 saturated heterocycles. The Balaban J connectivity index is 1.76. The third-order valence-corrected chi connectivity index (χ3v) is 4.97. The van der Waals surface area contributed by atoms with Crippen LogP contribution in [0.4, 0.5) is 0 Å². The van der Waals surface area contributed by atoms with E-state index in [0.29, 0.717) is 12.2 Å². The van der Waals surface area contributed by atoms with Crippen LogP contribution in [0.3, 0.4) is 0 Å². The summed E-state index contributed by atoms with van der Waals surface area (Å²) in [6, 6.07) is 12.3. The summed E-state index contributed by atoms with van der Waals surface area (Å²) in [6.45, 7) is 4.36. The number of benzene rings is 2. The van der Waals surface area contributed by atoms with Gasteiger partial charge in [0, 0.05) is 0 Å². The Hall–Kier alpha value is -2.66. The number of aryl methyl sites for hydroxylation is 1.